The summed E-state index contributed by atoms with van der Waals surface area (Å²) in [6.07, 6.45) is 0. The zero-order valence-corrected chi connectivity index (χ0v) is 14.4. The molecule has 0 spiro atoms. The van der Waals surface area contributed by atoms with Crippen LogP contribution in [0, 0.1) is 5.82 Å². The smallest absolute Gasteiger partial charge is 0.241 e. The van der Waals surface area contributed by atoms with E-state index < -0.39 is 15.8 Å². The number of rotatable bonds is 8. The summed E-state index contributed by atoms with van der Waals surface area (Å²) in [5.41, 5.74) is 0.537. The van der Waals surface area contributed by atoms with Crippen LogP contribution in [0.1, 0.15) is 19.4 Å². The van der Waals surface area contributed by atoms with E-state index in [1.807, 2.05) is 6.92 Å². The van der Waals surface area contributed by atoms with Crippen molar-refractivity contribution in [2.24, 2.45) is 0 Å². The van der Waals surface area contributed by atoms with Gasteiger partial charge in [-0.25, -0.2) is 17.5 Å². The molecule has 0 fully saturated rings. The third kappa shape index (κ3) is 4.69. The van der Waals surface area contributed by atoms with Gasteiger partial charge in [0.1, 0.15) is 5.82 Å². The molecule has 0 aromatic heterocycles. The molecule has 0 aliphatic carbocycles. The summed E-state index contributed by atoms with van der Waals surface area (Å²) in [6.45, 7) is 4.47. The maximum absolute atomic E-state index is 13.2. The van der Waals surface area contributed by atoms with Gasteiger partial charge in [-0.3, -0.25) is 0 Å². The highest BCUT2D eigenvalue weighted by Gasteiger charge is 2.17. The Morgan fingerprint density at radius 1 is 1.00 bits per heavy atom. The number of hydrogen-bond donors (Lipinski definition) is 1. The highest BCUT2D eigenvalue weighted by atomic mass is 32.2. The molecule has 0 bridgehead atoms. The fourth-order valence-corrected chi connectivity index (χ4v) is 3.14. The van der Waals surface area contributed by atoms with Crippen molar-refractivity contribution in [3.63, 3.8) is 0 Å². The molecule has 0 saturated carbocycles. The molecule has 24 heavy (non-hydrogen) atoms. The summed E-state index contributed by atoms with van der Waals surface area (Å²) < 4.78 is 51.3. The topological polar surface area (TPSA) is 64.6 Å². The highest BCUT2D eigenvalue weighted by molar-refractivity contribution is 7.89. The standard InChI is InChI=1S/C17H20FNO4S/c1-3-22-16-9-8-15(11-17(16)23-4-2)24(20,21)19-12-13-6-5-7-14(18)10-13/h5-11,19H,3-4,12H2,1-2H3. The van der Waals surface area contributed by atoms with Crippen molar-refractivity contribution in [2.75, 3.05) is 13.2 Å². The minimum Gasteiger partial charge on any atom is -0.490 e. The minimum atomic E-state index is -3.75. The van der Waals surface area contributed by atoms with Crippen LogP contribution in [-0.4, -0.2) is 21.6 Å². The van der Waals surface area contributed by atoms with Gasteiger partial charge in [-0.2, -0.15) is 0 Å². The Morgan fingerprint density at radius 3 is 2.38 bits per heavy atom. The van der Waals surface area contributed by atoms with Gasteiger partial charge in [0, 0.05) is 12.6 Å². The Hall–Kier alpha value is -2.12. The maximum Gasteiger partial charge on any atom is 0.241 e. The van der Waals surface area contributed by atoms with E-state index in [0.717, 1.165) is 0 Å². The van der Waals surface area contributed by atoms with Crippen molar-refractivity contribution in [1.29, 1.82) is 0 Å². The first-order valence-corrected chi connectivity index (χ1v) is 9.08. The average molecular weight is 353 g/mol. The van der Waals surface area contributed by atoms with Crippen molar-refractivity contribution in [3.05, 3.63) is 53.8 Å². The Labute approximate surface area is 141 Å². The molecule has 0 aliphatic rings. The van der Waals surface area contributed by atoms with Gasteiger partial charge in [-0.15, -0.1) is 0 Å². The van der Waals surface area contributed by atoms with Gasteiger partial charge in [0.2, 0.25) is 10.0 Å². The molecule has 1 N–H and O–H groups in total. The van der Waals surface area contributed by atoms with Gasteiger partial charge < -0.3 is 9.47 Å². The molecular weight excluding hydrogens is 333 g/mol. The van der Waals surface area contributed by atoms with Crippen LogP contribution in [0.3, 0.4) is 0 Å². The SMILES string of the molecule is CCOc1ccc(S(=O)(=O)NCc2cccc(F)c2)cc1OCC. The molecule has 0 atom stereocenters. The molecule has 2 aromatic carbocycles. The number of hydrogen-bond acceptors (Lipinski definition) is 4. The number of nitrogens with one attached hydrogen (secondary N) is 1. The normalized spacial score (nSPS) is 11.3. The van der Waals surface area contributed by atoms with Crippen LogP contribution in [0.25, 0.3) is 0 Å². The summed E-state index contributed by atoms with van der Waals surface area (Å²) in [4.78, 5) is 0.0609. The second kappa shape index (κ2) is 8.12. The third-order valence-corrected chi connectivity index (χ3v) is 4.58. The lowest BCUT2D eigenvalue weighted by molar-refractivity contribution is 0.287. The van der Waals surface area contributed by atoms with Gasteiger partial charge in [0.15, 0.2) is 11.5 Å². The van der Waals surface area contributed by atoms with Crippen molar-refractivity contribution in [1.82, 2.24) is 4.72 Å². The van der Waals surface area contributed by atoms with E-state index in [9.17, 15) is 12.8 Å². The van der Waals surface area contributed by atoms with E-state index in [2.05, 4.69) is 4.72 Å². The Bertz CT molecular complexity index is 793. The minimum absolute atomic E-state index is 0.00271. The number of halogens is 1. The summed E-state index contributed by atoms with van der Waals surface area (Å²) in [5.74, 6) is 0.447. The van der Waals surface area contributed by atoms with Crippen LogP contribution in [0.4, 0.5) is 4.39 Å². The van der Waals surface area contributed by atoms with Crippen LogP contribution >= 0.6 is 0 Å². The van der Waals surface area contributed by atoms with Crippen LogP contribution in [0.15, 0.2) is 47.4 Å². The quantitative estimate of drug-likeness (QED) is 0.792. The van der Waals surface area contributed by atoms with E-state index in [1.165, 1.54) is 30.3 Å². The molecule has 0 saturated heterocycles. The largest absolute Gasteiger partial charge is 0.490 e. The monoisotopic (exact) mass is 353 g/mol. The Balaban J connectivity index is 2.20. The van der Waals surface area contributed by atoms with Crippen LogP contribution in [-0.2, 0) is 16.6 Å². The fraction of sp³-hybridized carbons (Fsp3) is 0.294. The zero-order chi connectivity index (χ0) is 17.6. The van der Waals surface area contributed by atoms with Gasteiger partial charge in [-0.1, -0.05) is 12.1 Å². The second-order valence-electron chi connectivity index (χ2n) is 4.93. The lowest BCUT2D eigenvalue weighted by atomic mass is 10.2. The van der Waals surface area contributed by atoms with E-state index in [1.54, 1.807) is 19.1 Å². The Morgan fingerprint density at radius 2 is 1.71 bits per heavy atom. The van der Waals surface area contributed by atoms with E-state index in [0.29, 0.717) is 30.3 Å². The van der Waals surface area contributed by atoms with Crippen molar-refractivity contribution in [3.8, 4) is 11.5 Å². The molecule has 2 aromatic rings. The van der Waals surface area contributed by atoms with E-state index >= 15 is 0 Å². The van der Waals surface area contributed by atoms with Crippen molar-refractivity contribution >= 4 is 10.0 Å². The van der Waals surface area contributed by atoms with Gasteiger partial charge in [0.05, 0.1) is 18.1 Å². The average Bonchev–Trinajstić information content (AvgIpc) is 2.55. The zero-order valence-electron chi connectivity index (χ0n) is 13.6. The van der Waals surface area contributed by atoms with E-state index in [4.69, 9.17) is 9.47 Å². The molecule has 130 valence electrons. The molecule has 0 heterocycles. The lowest BCUT2D eigenvalue weighted by Crippen LogP contribution is -2.23. The molecule has 7 heteroatoms. The van der Waals surface area contributed by atoms with Crippen LogP contribution < -0.4 is 14.2 Å². The summed E-state index contributed by atoms with van der Waals surface area (Å²) in [7, 11) is -3.75. The predicted octanol–water partition coefficient (Wildman–Crippen LogP) is 3.10. The van der Waals surface area contributed by atoms with Crippen molar-refractivity contribution < 1.29 is 22.3 Å². The predicted molar refractivity (Wildman–Crippen MR) is 89.2 cm³/mol. The van der Waals surface area contributed by atoms with Crippen LogP contribution in [0.2, 0.25) is 0 Å². The molecule has 0 aliphatic heterocycles. The van der Waals surface area contributed by atoms with Crippen molar-refractivity contribution in [2.45, 2.75) is 25.3 Å². The Kier molecular flexibility index (Phi) is 6.16. The highest BCUT2D eigenvalue weighted by Crippen LogP contribution is 2.30. The summed E-state index contributed by atoms with van der Waals surface area (Å²) >= 11 is 0. The summed E-state index contributed by atoms with van der Waals surface area (Å²) in [5, 5.41) is 0. The van der Waals surface area contributed by atoms with Crippen LogP contribution in [0.5, 0.6) is 11.5 Å². The molecule has 0 amide bonds. The maximum atomic E-state index is 13.2. The van der Waals surface area contributed by atoms with Gasteiger partial charge in [-0.05, 0) is 43.7 Å². The molecule has 0 unspecified atom stereocenters. The molecular formula is C17H20FNO4S. The molecule has 5 nitrogen and oxygen atoms in total. The molecule has 2 rings (SSSR count). The fourth-order valence-electron chi connectivity index (χ4n) is 2.11. The van der Waals surface area contributed by atoms with E-state index in [-0.39, 0.29) is 11.4 Å². The first kappa shape index (κ1) is 18.2. The summed E-state index contributed by atoms with van der Waals surface area (Å²) in [6, 6.07) is 10.2. The third-order valence-electron chi connectivity index (χ3n) is 3.18. The van der Waals surface area contributed by atoms with Gasteiger partial charge >= 0.3 is 0 Å². The second-order valence-corrected chi connectivity index (χ2v) is 6.70. The van der Waals surface area contributed by atoms with Gasteiger partial charge in [0.25, 0.3) is 0 Å². The molecule has 0 radical (unpaired) electrons. The first-order chi connectivity index (χ1) is 11.5. The first-order valence-electron chi connectivity index (χ1n) is 7.60. The number of ether oxygens (including phenoxy) is 2. The number of benzene rings is 2. The number of sulfonamides is 1. The lowest BCUT2D eigenvalue weighted by Gasteiger charge is -2.13.